The highest BCUT2D eigenvalue weighted by Gasteiger charge is 2.44. The lowest BCUT2D eigenvalue weighted by Crippen LogP contribution is -1.97. The van der Waals surface area contributed by atoms with Gasteiger partial charge in [-0.25, -0.2) is 0 Å². The van der Waals surface area contributed by atoms with E-state index in [1.54, 1.807) is 0 Å². The first-order valence-electron chi connectivity index (χ1n) is 10.7. The van der Waals surface area contributed by atoms with Gasteiger partial charge in [0.1, 0.15) is 19.4 Å². The first kappa shape index (κ1) is 22.4. The molecule has 0 radical (unpaired) electrons. The summed E-state index contributed by atoms with van der Waals surface area (Å²) < 4.78 is 10.6. The lowest BCUT2D eigenvalue weighted by Gasteiger charge is -2.08. The van der Waals surface area contributed by atoms with Crippen LogP contribution in [0.3, 0.4) is 0 Å². The van der Waals surface area contributed by atoms with Crippen LogP contribution in [-0.4, -0.2) is 24.3 Å². The second-order valence-electron chi connectivity index (χ2n) is 7.33. The van der Waals surface area contributed by atoms with Gasteiger partial charge in [0, 0.05) is 0 Å². The third-order valence-corrected chi connectivity index (χ3v) is 7.02. The molecule has 0 unspecified atom stereocenters. The van der Waals surface area contributed by atoms with Gasteiger partial charge in [0.25, 0.3) is 0 Å². The molecule has 0 saturated carbocycles. The van der Waals surface area contributed by atoms with Gasteiger partial charge < -0.3 is 0 Å². The summed E-state index contributed by atoms with van der Waals surface area (Å²) in [5.41, 5.74) is 0. The Bertz CT molecular complexity index is 268. The highest BCUT2D eigenvalue weighted by atomic mass is 31.2. The van der Waals surface area contributed by atoms with Crippen LogP contribution < -0.4 is 0 Å². The van der Waals surface area contributed by atoms with Crippen molar-refractivity contribution in [3.05, 3.63) is 0 Å². The molecule has 1 aliphatic rings. The first-order chi connectivity index (χ1) is 11.8. The molecule has 1 rings (SSSR count). The molecular formula is C20H42O3P+. The quantitative estimate of drug-likeness (QED) is 0.223. The second-order valence-corrected chi connectivity index (χ2v) is 9.57. The van der Waals surface area contributed by atoms with E-state index in [-0.39, 0.29) is 0 Å². The van der Waals surface area contributed by atoms with Crippen LogP contribution in [-0.2, 0) is 9.05 Å². The van der Waals surface area contributed by atoms with E-state index < -0.39 is 7.94 Å². The van der Waals surface area contributed by atoms with E-state index in [0.29, 0.717) is 13.2 Å². The fraction of sp³-hybridized carbons (Fsp3) is 1.00. The summed E-state index contributed by atoms with van der Waals surface area (Å²) in [6.07, 6.45) is 22.7. The molecule has 0 aromatic heterocycles. The average Bonchev–Trinajstić information content (AvgIpc) is 3.01. The van der Waals surface area contributed by atoms with Crippen molar-refractivity contribution >= 4 is 7.94 Å². The Hall–Kier alpha value is 0.310. The predicted molar refractivity (Wildman–Crippen MR) is 105 cm³/mol. The lowest BCUT2D eigenvalue weighted by molar-refractivity contribution is 0.310. The van der Waals surface area contributed by atoms with E-state index in [1.165, 1.54) is 96.3 Å². The van der Waals surface area contributed by atoms with E-state index in [1.807, 2.05) is 0 Å². The molecule has 1 saturated heterocycles. The van der Waals surface area contributed by atoms with Crippen molar-refractivity contribution in [1.29, 1.82) is 0 Å². The topological polar surface area (TPSA) is 38.7 Å². The van der Waals surface area contributed by atoms with Crippen LogP contribution >= 0.6 is 7.94 Å². The summed E-state index contributed by atoms with van der Waals surface area (Å²) in [6.45, 7) is 3.43. The molecule has 1 N–H and O–H groups in total. The molecule has 1 aliphatic heterocycles. The van der Waals surface area contributed by atoms with Crippen LogP contribution in [0.15, 0.2) is 0 Å². The van der Waals surface area contributed by atoms with E-state index in [0.717, 1.165) is 12.6 Å². The molecule has 0 aromatic rings. The van der Waals surface area contributed by atoms with Gasteiger partial charge in [0.15, 0.2) is 0 Å². The molecule has 0 aromatic carbocycles. The van der Waals surface area contributed by atoms with Crippen LogP contribution in [0.1, 0.15) is 110 Å². The van der Waals surface area contributed by atoms with Gasteiger partial charge in [-0.1, -0.05) is 96.8 Å². The summed E-state index contributed by atoms with van der Waals surface area (Å²) in [4.78, 5) is 9.97. The van der Waals surface area contributed by atoms with Crippen molar-refractivity contribution in [3.63, 3.8) is 0 Å². The van der Waals surface area contributed by atoms with Gasteiger partial charge in [-0.2, -0.15) is 13.9 Å². The Labute approximate surface area is 151 Å². The molecule has 144 valence electrons. The summed E-state index contributed by atoms with van der Waals surface area (Å²) in [7, 11) is -2.41. The molecule has 1 fully saturated rings. The Kier molecular flexibility index (Phi) is 14.5. The van der Waals surface area contributed by atoms with Crippen LogP contribution in [0.5, 0.6) is 0 Å². The van der Waals surface area contributed by atoms with Crippen LogP contribution in [0.25, 0.3) is 0 Å². The largest absolute Gasteiger partial charge is 0.408 e. The molecule has 4 heteroatoms. The Morgan fingerprint density at radius 1 is 0.583 bits per heavy atom. The van der Waals surface area contributed by atoms with Crippen molar-refractivity contribution in [3.8, 4) is 0 Å². The van der Waals surface area contributed by atoms with Gasteiger partial charge in [-0.15, -0.1) is 0 Å². The second kappa shape index (κ2) is 15.6. The van der Waals surface area contributed by atoms with Crippen LogP contribution in [0.4, 0.5) is 0 Å². The third-order valence-electron chi connectivity index (χ3n) is 4.96. The Morgan fingerprint density at radius 3 is 1.29 bits per heavy atom. The van der Waals surface area contributed by atoms with Gasteiger partial charge in [-0.3, -0.25) is 0 Å². The van der Waals surface area contributed by atoms with Crippen molar-refractivity contribution < 1.29 is 13.9 Å². The molecule has 0 spiro atoms. The molecule has 1 heterocycles. The van der Waals surface area contributed by atoms with E-state index >= 15 is 0 Å². The minimum absolute atomic E-state index is 0.573. The molecule has 0 aliphatic carbocycles. The van der Waals surface area contributed by atoms with E-state index in [2.05, 4.69) is 6.92 Å². The summed E-state index contributed by atoms with van der Waals surface area (Å²) >= 11 is 0. The molecule has 24 heavy (non-hydrogen) atoms. The zero-order valence-electron chi connectivity index (χ0n) is 16.1. The van der Waals surface area contributed by atoms with Crippen LogP contribution in [0, 0.1) is 0 Å². The maximum absolute atomic E-state index is 9.97. The Morgan fingerprint density at radius 2 is 0.917 bits per heavy atom. The minimum Gasteiger partial charge on any atom is -0.193 e. The molecule has 0 bridgehead atoms. The summed E-state index contributed by atoms with van der Waals surface area (Å²) in [5, 5.41) is 0. The van der Waals surface area contributed by atoms with Gasteiger partial charge in [0.2, 0.25) is 0 Å². The number of rotatable bonds is 17. The third kappa shape index (κ3) is 12.6. The number of hydrogen-bond donors (Lipinski definition) is 1. The standard InChI is InChI=1S/C20H42O3P/c1-2-3-4-5-6-7-8-9-10-11-12-13-14-15-16-17-20-24(21)22-18-19-23-24/h21H,2-20H2,1H3/q+1. The normalized spacial score (nSPS) is 16.8. The average molecular weight is 362 g/mol. The van der Waals surface area contributed by atoms with Gasteiger partial charge in [-0.05, 0) is 12.8 Å². The fourth-order valence-corrected chi connectivity index (χ4v) is 5.06. The molecule has 3 nitrogen and oxygen atoms in total. The highest BCUT2D eigenvalue weighted by molar-refractivity contribution is 7.60. The zero-order chi connectivity index (χ0) is 17.3. The Balaban J connectivity index is 1.69. The maximum Gasteiger partial charge on any atom is 0.408 e. The summed E-state index contributed by atoms with van der Waals surface area (Å²) in [5.74, 6) is 0. The predicted octanol–water partition coefficient (Wildman–Crippen LogP) is 7.05. The highest BCUT2D eigenvalue weighted by Crippen LogP contribution is 2.60. The van der Waals surface area contributed by atoms with Crippen molar-refractivity contribution in [2.75, 3.05) is 19.4 Å². The van der Waals surface area contributed by atoms with E-state index in [4.69, 9.17) is 9.05 Å². The molecule has 0 amide bonds. The lowest BCUT2D eigenvalue weighted by atomic mass is 10.0. The molecule has 0 atom stereocenters. The van der Waals surface area contributed by atoms with Crippen molar-refractivity contribution in [1.82, 2.24) is 0 Å². The first-order valence-corrected chi connectivity index (χ1v) is 12.4. The van der Waals surface area contributed by atoms with Gasteiger partial charge in [0.05, 0.1) is 0 Å². The number of unbranched alkanes of at least 4 members (excludes halogenated alkanes) is 15. The van der Waals surface area contributed by atoms with Gasteiger partial charge >= 0.3 is 7.94 Å². The SMILES string of the molecule is CCCCCCCCCCCCCCCCCC[P+]1(O)OCCO1. The molecular weight excluding hydrogens is 319 g/mol. The summed E-state index contributed by atoms with van der Waals surface area (Å²) in [6, 6.07) is 0. The number of hydrogen-bond acceptors (Lipinski definition) is 3. The monoisotopic (exact) mass is 361 g/mol. The van der Waals surface area contributed by atoms with Crippen LogP contribution in [0.2, 0.25) is 0 Å². The zero-order valence-corrected chi connectivity index (χ0v) is 17.0. The van der Waals surface area contributed by atoms with Crippen molar-refractivity contribution in [2.45, 2.75) is 110 Å². The minimum atomic E-state index is -2.41. The van der Waals surface area contributed by atoms with E-state index in [9.17, 15) is 4.89 Å². The smallest absolute Gasteiger partial charge is 0.193 e. The fourth-order valence-electron chi connectivity index (χ4n) is 3.39. The van der Waals surface area contributed by atoms with Crippen molar-refractivity contribution in [2.24, 2.45) is 0 Å². The maximum atomic E-state index is 9.97.